The van der Waals surface area contributed by atoms with E-state index in [1.165, 1.54) is 0 Å². The quantitative estimate of drug-likeness (QED) is 0.703. The van der Waals surface area contributed by atoms with Crippen LogP contribution in [0.4, 0.5) is 0 Å². The molecule has 0 amide bonds. The van der Waals surface area contributed by atoms with Gasteiger partial charge in [0.15, 0.2) is 11.5 Å². The maximum absolute atomic E-state index is 5.63. The molecule has 1 unspecified atom stereocenters. The summed E-state index contributed by atoms with van der Waals surface area (Å²) in [5, 5.41) is 0. The molecule has 1 rings (SSSR count). The fourth-order valence-corrected chi connectivity index (χ4v) is 1.66. The lowest BCUT2D eigenvalue weighted by molar-refractivity contribution is 0.0922. The first-order valence-corrected chi connectivity index (χ1v) is 6.63. The second-order valence-electron chi connectivity index (χ2n) is 3.95. The molecule has 0 bridgehead atoms. The molecule has 0 radical (unpaired) electrons. The molecule has 1 aromatic carbocycles. The van der Waals surface area contributed by atoms with Gasteiger partial charge in [-0.05, 0) is 45.4 Å². The Morgan fingerprint density at radius 1 is 1.11 bits per heavy atom. The number of benzene rings is 1. The summed E-state index contributed by atoms with van der Waals surface area (Å²) < 4.78 is 16.8. The van der Waals surface area contributed by atoms with Crippen LogP contribution in [0.15, 0.2) is 18.2 Å². The highest BCUT2D eigenvalue weighted by atomic mass is 16.5. The highest BCUT2D eigenvalue weighted by Gasteiger charge is 2.11. The maximum atomic E-state index is 5.63. The van der Waals surface area contributed by atoms with Crippen molar-refractivity contribution in [2.75, 3.05) is 19.8 Å². The van der Waals surface area contributed by atoms with Crippen LogP contribution in [0, 0.1) is 11.8 Å². The Balaban J connectivity index is 2.83. The molecule has 3 heteroatoms. The van der Waals surface area contributed by atoms with Crippen molar-refractivity contribution in [3.63, 3.8) is 0 Å². The van der Waals surface area contributed by atoms with Gasteiger partial charge in [-0.1, -0.05) is 12.0 Å². The third kappa shape index (κ3) is 4.84. The lowest BCUT2D eigenvalue weighted by Gasteiger charge is -2.16. The van der Waals surface area contributed by atoms with Gasteiger partial charge in [0.1, 0.15) is 6.61 Å². The zero-order valence-corrected chi connectivity index (χ0v) is 12.2. The molecule has 0 saturated heterocycles. The normalized spacial score (nSPS) is 11.4. The monoisotopic (exact) mass is 262 g/mol. The Hall–Kier alpha value is -1.66. The van der Waals surface area contributed by atoms with Crippen LogP contribution in [0.25, 0.3) is 0 Å². The standard InChI is InChI=1S/C16H22O3/c1-5-8-11-19-13(4)14-9-10-15(17-6-2)16(12-14)18-7-3/h9-10,12-13H,6-7,11H2,1-4H3. The Morgan fingerprint density at radius 3 is 2.42 bits per heavy atom. The average Bonchev–Trinajstić information content (AvgIpc) is 2.41. The zero-order chi connectivity index (χ0) is 14.1. The van der Waals surface area contributed by atoms with Crippen LogP contribution in [0.5, 0.6) is 11.5 Å². The van der Waals surface area contributed by atoms with E-state index in [1.54, 1.807) is 6.92 Å². The highest BCUT2D eigenvalue weighted by Crippen LogP contribution is 2.31. The van der Waals surface area contributed by atoms with Crippen LogP contribution in [-0.2, 0) is 4.74 Å². The SMILES string of the molecule is CC#CCOC(C)c1ccc(OCC)c(OCC)c1. The first kappa shape index (κ1) is 15.4. The summed E-state index contributed by atoms with van der Waals surface area (Å²) in [7, 11) is 0. The van der Waals surface area contributed by atoms with Crippen LogP contribution in [0.3, 0.4) is 0 Å². The van der Waals surface area contributed by atoms with Crippen molar-refractivity contribution in [3.05, 3.63) is 23.8 Å². The van der Waals surface area contributed by atoms with Crippen molar-refractivity contribution in [1.29, 1.82) is 0 Å². The molecule has 0 N–H and O–H groups in total. The van der Waals surface area contributed by atoms with Crippen molar-refractivity contribution in [1.82, 2.24) is 0 Å². The van der Waals surface area contributed by atoms with E-state index in [1.807, 2.05) is 39.0 Å². The summed E-state index contributed by atoms with van der Waals surface area (Å²) in [5.74, 6) is 7.24. The summed E-state index contributed by atoms with van der Waals surface area (Å²) in [4.78, 5) is 0. The van der Waals surface area contributed by atoms with E-state index in [0.717, 1.165) is 17.1 Å². The van der Waals surface area contributed by atoms with Gasteiger partial charge in [0.25, 0.3) is 0 Å². The predicted octanol–water partition coefficient (Wildman–Crippen LogP) is 3.58. The molecule has 0 aliphatic carbocycles. The minimum absolute atomic E-state index is 0.0178. The molecule has 1 atom stereocenters. The van der Waals surface area contributed by atoms with Crippen LogP contribution >= 0.6 is 0 Å². The minimum atomic E-state index is -0.0178. The molecule has 0 aliphatic heterocycles. The molecule has 0 aromatic heterocycles. The summed E-state index contributed by atoms with van der Waals surface area (Å²) in [6.45, 7) is 9.39. The van der Waals surface area contributed by atoms with Gasteiger partial charge in [0.2, 0.25) is 0 Å². The number of rotatable bonds is 7. The second-order valence-corrected chi connectivity index (χ2v) is 3.95. The van der Waals surface area contributed by atoms with Crippen LogP contribution in [0.2, 0.25) is 0 Å². The molecule has 1 aromatic rings. The summed E-state index contributed by atoms with van der Waals surface area (Å²) in [6.07, 6.45) is -0.0178. The molecule has 0 spiro atoms. The van der Waals surface area contributed by atoms with Gasteiger partial charge < -0.3 is 14.2 Å². The largest absolute Gasteiger partial charge is 0.490 e. The predicted molar refractivity (Wildman–Crippen MR) is 76.6 cm³/mol. The van der Waals surface area contributed by atoms with Crippen LogP contribution in [0.1, 0.15) is 39.4 Å². The Kier molecular flexibility index (Phi) is 6.84. The van der Waals surface area contributed by atoms with Crippen molar-refractivity contribution >= 4 is 0 Å². The first-order chi connectivity index (χ1) is 9.22. The molecular weight excluding hydrogens is 240 g/mol. The van der Waals surface area contributed by atoms with Crippen molar-refractivity contribution < 1.29 is 14.2 Å². The Labute approximate surface area is 115 Å². The molecule has 0 heterocycles. The highest BCUT2D eigenvalue weighted by molar-refractivity contribution is 5.43. The molecule has 3 nitrogen and oxygen atoms in total. The van der Waals surface area contributed by atoms with E-state index >= 15 is 0 Å². The molecule has 0 saturated carbocycles. The van der Waals surface area contributed by atoms with E-state index in [0.29, 0.717) is 19.8 Å². The van der Waals surface area contributed by atoms with Crippen LogP contribution in [-0.4, -0.2) is 19.8 Å². The third-order valence-electron chi connectivity index (χ3n) is 2.62. The summed E-state index contributed by atoms with van der Waals surface area (Å²) in [6, 6.07) is 5.89. The van der Waals surface area contributed by atoms with Gasteiger partial charge in [0.05, 0.1) is 19.3 Å². The number of ether oxygens (including phenoxy) is 3. The van der Waals surface area contributed by atoms with Gasteiger partial charge in [0, 0.05) is 0 Å². The first-order valence-electron chi connectivity index (χ1n) is 6.63. The topological polar surface area (TPSA) is 27.7 Å². The maximum Gasteiger partial charge on any atom is 0.161 e. The van der Waals surface area contributed by atoms with Gasteiger partial charge in [-0.25, -0.2) is 0 Å². The molecule has 19 heavy (non-hydrogen) atoms. The fourth-order valence-electron chi connectivity index (χ4n) is 1.66. The average molecular weight is 262 g/mol. The van der Waals surface area contributed by atoms with Gasteiger partial charge in [-0.2, -0.15) is 0 Å². The van der Waals surface area contributed by atoms with E-state index in [9.17, 15) is 0 Å². The van der Waals surface area contributed by atoms with Gasteiger partial charge in [-0.15, -0.1) is 5.92 Å². The second kappa shape index (κ2) is 8.44. The smallest absolute Gasteiger partial charge is 0.161 e. The van der Waals surface area contributed by atoms with Crippen molar-refractivity contribution in [3.8, 4) is 23.3 Å². The number of hydrogen-bond acceptors (Lipinski definition) is 3. The van der Waals surface area contributed by atoms with Crippen LogP contribution < -0.4 is 9.47 Å². The van der Waals surface area contributed by atoms with E-state index in [4.69, 9.17) is 14.2 Å². The van der Waals surface area contributed by atoms with E-state index < -0.39 is 0 Å². The van der Waals surface area contributed by atoms with E-state index in [-0.39, 0.29) is 6.10 Å². The van der Waals surface area contributed by atoms with Gasteiger partial charge in [-0.3, -0.25) is 0 Å². The minimum Gasteiger partial charge on any atom is -0.490 e. The number of hydrogen-bond donors (Lipinski definition) is 0. The molecule has 0 aliphatic rings. The molecular formula is C16H22O3. The zero-order valence-electron chi connectivity index (χ0n) is 12.2. The Morgan fingerprint density at radius 2 is 1.79 bits per heavy atom. The van der Waals surface area contributed by atoms with Crippen molar-refractivity contribution in [2.45, 2.75) is 33.8 Å². The molecule has 104 valence electrons. The van der Waals surface area contributed by atoms with Crippen molar-refractivity contribution in [2.24, 2.45) is 0 Å². The Bertz CT molecular complexity index is 443. The fraction of sp³-hybridized carbons (Fsp3) is 0.500. The lowest BCUT2D eigenvalue weighted by Crippen LogP contribution is -2.03. The third-order valence-corrected chi connectivity index (χ3v) is 2.62. The lowest BCUT2D eigenvalue weighted by atomic mass is 10.1. The summed E-state index contributed by atoms with van der Waals surface area (Å²) >= 11 is 0. The molecule has 0 fully saturated rings. The van der Waals surface area contributed by atoms with Gasteiger partial charge >= 0.3 is 0 Å². The summed E-state index contributed by atoms with van der Waals surface area (Å²) in [5.41, 5.74) is 1.06. The van der Waals surface area contributed by atoms with E-state index in [2.05, 4.69) is 11.8 Å².